The number of benzene rings is 2. The number of hydrogen-bond donors (Lipinski definition) is 1. The molecule has 0 heterocycles. The van der Waals surface area contributed by atoms with E-state index in [1.807, 2.05) is 6.92 Å². The van der Waals surface area contributed by atoms with Gasteiger partial charge in [-0.2, -0.15) is 0 Å². The molecule has 0 saturated carbocycles. The summed E-state index contributed by atoms with van der Waals surface area (Å²) in [5, 5.41) is 9.87. The Balaban J connectivity index is 2.28. The molecule has 0 aliphatic rings. The second-order valence-electron chi connectivity index (χ2n) is 5.17. The van der Waals surface area contributed by atoms with Crippen LogP contribution in [-0.2, 0) is 0 Å². The first kappa shape index (κ1) is 15.0. The van der Waals surface area contributed by atoms with Gasteiger partial charge in [-0.3, -0.25) is 4.79 Å². The SMILES string of the molecule is Cc1cc(F)cc(C(=O)N(C)C(C)c2ccccc2O)c1. The van der Waals surface area contributed by atoms with Crippen LogP contribution in [0.4, 0.5) is 4.39 Å². The van der Waals surface area contributed by atoms with Crippen molar-refractivity contribution in [1.82, 2.24) is 4.90 Å². The standard InChI is InChI=1S/C17H18FNO2/c1-11-8-13(10-14(18)9-11)17(21)19(3)12(2)15-6-4-5-7-16(15)20/h4-10,12,20H,1-3H3. The van der Waals surface area contributed by atoms with Gasteiger partial charge in [0, 0.05) is 18.2 Å². The third kappa shape index (κ3) is 3.21. The van der Waals surface area contributed by atoms with E-state index in [2.05, 4.69) is 0 Å². The topological polar surface area (TPSA) is 40.5 Å². The van der Waals surface area contributed by atoms with Gasteiger partial charge in [0.1, 0.15) is 11.6 Å². The average molecular weight is 287 g/mol. The zero-order chi connectivity index (χ0) is 15.6. The molecular weight excluding hydrogens is 269 g/mol. The van der Waals surface area contributed by atoms with E-state index in [4.69, 9.17) is 0 Å². The Morgan fingerprint density at radius 1 is 1.24 bits per heavy atom. The van der Waals surface area contributed by atoms with Gasteiger partial charge in [-0.1, -0.05) is 18.2 Å². The van der Waals surface area contributed by atoms with E-state index in [1.165, 1.54) is 17.0 Å². The van der Waals surface area contributed by atoms with Crippen LogP contribution in [0.3, 0.4) is 0 Å². The Labute approximate surface area is 123 Å². The van der Waals surface area contributed by atoms with Crippen molar-refractivity contribution in [2.75, 3.05) is 7.05 Å². The predicted molar refractivity (Wildman–Crippen MR) is 79.8 cm³/mol. The summed E-state index contributed by atoms with van der Waals surface area (Å²) in [5.74, 6) is -0.574. The maximum absolute atomic E-state index is 13.4. The molecule has 1 N–H and O–H groups in total. The summed E-state index contributed by atoms with van der Waals surface area (Å²) in [4.78, 5) is 13.9. The van der Waals surface area contributed by atoms with Crippen molar-refractivity contribution in [3.05, 3.63) is 65.0 Å². The molecule has 0 saturated heterocycles. The van der Waals surface area contributed by atoms with Gasteiger partial charge in [0.2, 0.25) is 0 Å². The van der Waals surface area contributed by atoms with Crippen LogP contribution in [0.2, 0.25) is 0 Å². The molecule has 2 aromatic rings. The molecule has 1 atom stereocenters. The summed E-state index contributed by atoms with van der Waals surface area (Å²) in [6.07, 6.45) is 0. The number of aromatic hydroxyl groups is 1. The number of carbonyl (C=O) groups is 1. The minimum atomic E-state index is -0.429. The van der Waals surface area contributed by atoms with Gasteiger partial charge in [-0.25, -0.2) is 4.39 Å². The van der Waals surface area contributed by atoms with Crippen LogP contribution < -0.4 is 0 Å². The van der Waals surface area contributed by atoms with Gasteiger partial charge in [-0.15, -0.1) is 0 Å². The summed E-state index contributed by atoms with van der Waals surface area (Å²) in [5.41, 5.74) is 1.65. The second kappa shape index (κ2) is 5.95. The number of amides is 1. The van der Waals surface area contributed by atoms with Crippen LogP contribution in [-0.4, -0.2) is 23.0 Å². The third-order valence-corrected chi connectivity index (χ3v) is 3.58. The molecule has 0 aliphatic heterocycles. The zero-order valence-electron chi connectivity index (χ0n) is 12.3. The number of aryl methyl sites for hydroxylation is 1. The summed E-state index contributed by atoms with van der Waals surface area (Å²) < 4.78 is 13.4. The highest BCUT2D eigenvalue weighted by Crippen LogP contribution is 2.28. The molecule has 0 spiro atoms. The molecule has 4 heteroatoms. The molecule has 2 rings (SSSR count). The zero-order valence-corrected chi connectivity index (χ0v) is 12.3. The minimum Gasteiger partial charge on any atom is -0.508 e. The maximum atomic E-state index is 13.4. The van der Waals surface area contributed by atoms with Crippen LogP contribution in [0.25, 0.3) is 0 Å². The number of phenolic OH excluding ortho intramolecular Hbond substituents is 1. The molecule has 2 aromatic carbocycles. The fourth-order valence-electron chi connectivity index (χ4n) is 2.29. The van der Waals surface area contributed by atoms with Crippen molar-refractivity contribution in [3.63, 3.8) is 0 Å². The van der Waals surface area contributed by atoms with Crippen LogP contribution >= 0.6 is 0 Å². The summed E-state index contributed by atoms with van der Waals surface area (Å²) in [6, 6.07) is 10.8. The predicted octanol–water partition coefficient (Wildman–Crippen LogP) is 3.67. The normalized spacial score (nSPS) is 12.0. The van der Waals surface area contributed by atoms with Gasteiger partial charge in [-0.05, 0) is 43.7 Å². The van der Waals surface area contributed by atoms with E-state index in [9.17, 15) is 14.3 Å². The molecule has 0 bridgehead atoms. The van der Waals surface area contributed by atoms with Crippen LogP contribution in [0.1, 0.15) is 34.5 Å². The fraction of sp³-hybridized carbons (Fsp3) is 0.235. The van der Waals surface area contributed by atoms with Crippen molar-refractivity contribution in [1.29, 1.82) is 0 Å². The first-order valence-corrected chi connectivity index (χ1v) is 6.72. The smallest absolute Gasteiger partial charge is 0.254 e. The Bertz CT molecular complexity index is 649. The molecule has 0 aromatic heterocycles. The Kier molecular flexibility index (Phi) is 4.26. The lowest BCUT2D eigenvalue weighted by molar-refractivity contribution is 0.0740. The molecule has 0 fully saturated rings. The lowest BCUT2D eigenvalue weighted by atomic mass is 10.0. The first-order valence-electron chi connectivity index (χ1n) is 6.72. The number of phenols is 1. The molecule has 1 unspecified atom stereocenters. The van der Waals surface area contributed by atoms with Gasteiger partial charge in [0.05, 0.1) is 6.04 Å². The molecule has 0 aliphatic carbocycles. The first-order chi connectivity index (χ1) is 9.90. The number of carbonyl (C=O) groups excluding carboxylic acids is 1. The van der Waals surface area contributed by atoms with Gasteiger partial charge >= 0.3 is 0 Å². The quantitative estimate of drug-likeness (QED) is 0.935. The second-order valence-corrected chi connectivity index (χ2v) is 5.17. The number of nitrogens with zero attached hydrogens (tertiary/aromatic N) is 1. The lowest BCUT2D eigenvalue weighted by Crippen LogP contribution is -2.29. The molecular formula is C17H18FNO2. The van der Waals surface area contributed by atoms with Gasteiger partial charge in [0.15, 0.2) is 0 Å². The van der Waals surface area contributed by atoms with E-state index in [0.717, 1.165) is 0 Å². The summed E-state index contributed by atoms with van der Waals surface area (Å²) >= 11 is 0. The van der Waals surface area contributed by atoms with Crippen molar-refractivity contribution in [3.8, 4) is 5.75 Å². The number of rotatable bonds is 3. The van der Waals surface area contributed by atoms with Crippen LogP contribution in [0, 0.1) is 12.7 Å². The summed E-state index contributed by atoms with van der Waals surface area (Å²) in [7, 11) is 1.64. The molecule has 1 amide bonds. The van der Waals surface area contributed by atoms with Crippen molar-refractivity contribution < 1.29 is 14.3 Å². The molecule has 21 heavy (non-hydrogen) atoms. The fourth-order valence-corrected chi connectivity index (χ4v) is 2.29. The number of para-hydroxylation sites is 1. The Morgan fingerprint density at radius 3 is 2.52 bits per heavy atom. The molecule has 0 radical (unpaired) electrons. The Morgan fingerprint density at radius 2 is 1.90 bits per heavy atom. The number of hydrogen-bond acceptors (Lipinski definition) is 2. The highest BCUT2D eigenvalue weighted by Gasteiger charge is 2.21. The third-order valence-electron chi connectivity index (χ3n) is 3.58. The van der Waals surface area contributed by atoms with Crippen LogP contribution in [0.15, 0.2) is 42.5 Å². The van der Waals surface area contributed by atoms with Crippen LogP contribution in [0.5, 0.6) is 5.75 Å². The average Bonchev–Trinajstić information content (AvgIpc) is 2.44. The van der Waals surface area contributed by atoms with E-state index in [1.54, 1.807) is 44.3 Å². The lowest BCUT2D eigenvalue weighted by Gasteiger charge is -2.26. The largest absolute Gasteiger partial charge is 0.508 e. The van der Waals surface area contributed by atoms with E-state index < -0.39 is 5.82 Å². The van der Waals surface area contributed by atoms with Gasteiger partial charge in [0.25, 0.3) is 5.91 Å². The monoisotopic (exact) mass is 287 g/mol. The maximum Gasteiger partial charge on any atom is 0.254 e. The minimum absolute atomic E-state index is 0.139. The Hall–Kier alpha value is -2.36. The summed E-state index contributed by atoms with van der Waals surface area (Å²) in [6.45, 7) is 3.56. The van der Waals surface area contributed by atoms with Crippen molar-refractivity contribution in [2.45, 2.75) is 19.9 Å². The highest BCUT2D eigenvalue weighted by atomic mass is 19.1. The van der Waals surface area contributed by atoms with E-state index in [0.29, 0.717) is 16.7 Å². The van der Waals surface area contributed by atoms with E-state index >= 15 is 0 Å². The molecule has 110 valence electrons. The van der Waals surface area contributed by atoms with Crippen molar-refractivity contribution >= 4 is 5.91 Å². The highest BCUT2D eigenvalue weighted by molar-refractivity contribution is 5.94. The van der Waals surface area contributed by atoms with Crippen molar-refractivity contribution in [2.24, 2.45) is 0 Å². The van der Waals surface area contributed by atoms with E-state index in [-0.39, 0.29) is 17.7 Å². The number of halogens is 1. The van der Waals surface area contributed by atoms with Gasteiger partial charge < -0.3 is 10.0 Å². The molecule has 3 nitrogen and oxygen atoms in total.